The van der Waals surface area contributed by atoms with Gasteiger partial charge >= 0.3 is 0 Å². The predicted octanol–water partition coefficient (Wildman–Crippen LogP) is 1.55. The summed E-state index contributed by atoms with van der Waals surface area (Å²) in [7, 11) is -3.54. The third kappa shape index (κ3) is 4.40. The summed E-state index contributed by atoms with van der Waals surface area (Å²) in [6, 6.07) is 7.06. The zero-order valence-corrected chi connectivity index (χ0v) is 16.6. The molecule has 1 aliphatic heterocycles. The van der Waals surface area contributed by atoms with Gasteiger partial charge in [-0.1, -0.05) is 32.9 Å². The Hall–Kier alpha value is -1.44. The maximum atomic E-state index is 12.8. The van der Waals surface area contributed by atoms with Gasteiger partial charge in [0.2, 0.25) is 15.9 Å². The molecular weight excluding hydrogens is 338 g/mol. The molecule has 7 heteroatoms. The largest absolute Gasteiger partial charge is 0.338 e. The number of piperazine rings is 1. The fraction of sp³-hybridized carbons (Fsp3) is 0.611. The lowest BCUT2D eigenvalue weighted by Gasteiger charge is -2.36. The normalized spacial score (nSPS) is 17.6. The minimum atomic E-state index is -3.54. The summed E-state index contributed by atoms with van der Waals surface area (Å²) in [5.41, 5.74) is 5.97. The minimum Gasteiger partial charge on any atom is -0.338 e. The van der Waals surface area contributed by atoms with Crippen LogP contribution in [-0.2, 0) is 20.2 Å². The first-order chi connectivity index (χ1) is 11.3. The van der Waals surface area contributed by atoms with Gasteiger partial charge in [-0.15, -0.1) is 0 Å². The molecule has 0 spiro atoms. The first kappa shape index (κ1) is 19.9. The number of nitrogens with zero attached hydrogens (tertiary/aromatic N) is 2. The Balaban J connectivity index is 2.11. The molecule has 1 amide bonds. The predicted molar refractivity (Wildman–Crippen MR) is 98.7 cm³/mol. The van der Waals surface area contributed by atoms with Crippen LogP contribution in [0, 0.1) is 0 Å². The van der Waals surface area contributed by atoms with Crippen LogP contribution in [0.15, 0.2) is 29.2 Å². The van der Waals surface area contributed by atoms with Crippen molar-refractivity contribution in [1.82, 2.24) is 9.21 Å². The van der Waals surface area contributed by atoms with Crippen LogP contribution in [0.5, 0.6) is 0 Å². The number of sulfonamides is 1. The van der Waals surface area contributed by atoms with E-state index in [2.05, 4.69) is 20.8 Å². The number of carbonyl (C=O) groups is 1. The highest BCUT2D eigenvalue weighted by atomic mass is 32.2. The smallest absolute Gasteiger partial charge is 0.243 e. The van der Waals surface area contributed by atoms with Gasteiger partial charge in [0.15, 0.2) is 0 Å². The summed E-state index contributed by atoms with van der Waals surface area (Å²) in [6.45, 7) is 10.9. The second-order valence-electron chi connectivity index (χ2n) is 8.19. The van der Waals surface area contributed by atoms with Gasteiger partial charge in [-0.2, -0.15) is 4.31 Å². The Kier molecular flexibility index (Phi) is 5.33. The molecule has 1 fully saturated rings. The van der Waals surface area contributed by atoms with Crippen LogP contribution < -0.4 is 5.73 Å². The van der Waals surface area contributed by atoms with Crippen molar-refractivity contribution in [2.24, 2.45) is 5.73 Å². The Morgan fingerprint density at radius 3 is 1.84 bits per heavy atom. The van der Waals surface area contributed by atoms with Crippen molar-refractivity contribution in [1.29, 1.82) is 0 Å². The van der Waals surface area contributed by atoms with Gasteiger partial charge in [0.25, 0.3) is 0 Å². The van der Waals surface area contributed by atoms with Crippen LogP contribution in [-0.4, -0.2) is 55.2 Å². The Labute approximate surface area is 151 Å². The monoisotopic (exact) mass is 367 g/mol. The molecule has 0 aromatic heterocycles. The Morgan fingerprint density at radius 1 is 0.960 bits per heavy atom. The summed E-state index contributed by atoms with van der Waals surface area (Å²) in [6.07, 6.45) is 0. The number of hydrogen-bond acceptors (Lipinski definition) is 4. The van der Waals surface area contributed by atoms with E-state index in [1.165, 1.54) is 4.31 Å². The van der Waals surface area contributed by atoms with Crippen molar-refractivity contribution in [2.75, 3.05) is 26.2 Å². The molecule has 0 unspecified atom stereocenters. The van der Waals surface area contributed by atoms with Gasteiger partial charge in [-0.05, 0) is 37.0 Å². The number of amides is 1. The van der Waals surface area contributed by atoms with Crippen molar-refractivity contribution in [3.63, 3.8) is 0 Å². The molecule has 6 nitrogen and oxygen atoms in total. The first-order valence-electron chi connectivity index (χ1n) is 8.52. The highest BCUT2D eigenvalue weighted by Gasteiger charge is 2.34. The van der Waals surface area contributed by atoms with Crippen molar-refractivity contribution >= 4 is 15.9 Å². The zero-order chi connectivity index (χ0) is 19.0. The zero-order valence-electron chi connectivity index (χ0n) is 15.7. The second-order valence-corrected chi connectivity index (χ2v) is 10.1. The molecule has 140 valence electrons. The van der Waals surface area contributed by atoms with Gasteiger partial charge in [0.05, 0.1) is 10.4 Å². The van der Waals surface area contributed by atoms with Gasteiger partial charge in [-0.3, -0.25) is 4.79 Å². The molecule has 1 aliphatic rings. The molecule has 2 N–H and O–H groups in total. The Morgan fingerprint density at radius 2 is 1.44 bits per heavy atom. The van der Waals surface area contributed by atoms with E-state index in [0.29, 0.717) is 18.0 Å². The van der Waals surface area contributed by atoms with E-state index < -0.39 is 15.6 Å². The summed E-state index contributed by atoms with van der Waals surface area (Å²) in [4.78, 5) is 14.1. The van der Waals surface area contributed by atoms with E-state index in [9.17, 15) is 13.2 Å². The maximum absolute atomic E-state index is 12.8. The fourth-order valence-electron chi connectivity index (χ4n) is 2.82. The number of carbonyl (C=O) groups excluding carboxylic acids is 1. The van der Waals surface area contributed by atoms with Crippen LogP contribution in [0.2, 0.25) is 0 Å². The topological polar surface area (TPSA) is 83.7 Å². The summed E-state index contributed by atoms with van der Waals surface area (Å²) >= 11 is 0. The van der Waals surface area contributed by atoms with E-state index in [0.717, 1.165) is 5.56 Å². The molecule has 0 saturated carbocycles. The molecule has 0 aliphatic carbocycles. The van der Waals surface area contributed by atoms with Gasteiger partial charge in [-0.25, -0.2) is 8.42 Å². The molecule has 25 heavy (non-hydrogen) atoms. The highest BCUT2D eigenvalue weighted by Crippen LogP contribution is 2.25. The highest BCUT2D eigenvalue weighted by molar-refractivity contribution is 7.89. The molecule has 1 saturated heterocycles. The van der Waals surface area contributed by atoms with Crippen LogP contribution in [0.25, 0.3) is 0 Å². The molecule has 1 heterocycles. The van der Waals surface area contributed by atoms with E-state index >= 15 is 0 Å². The van der Waals surface area contributed by atoms with Crippen LogP contribution in [0.4, 0.5) is 0 Å². The number of rotatable bonds is 3. The number of nitrogens with two attached hydrogens (primary N) is 1. The van der Waals surface area contributed by atoms with E-state index in [4.69, 9.17) is 5.73 Å². The first-order valence-corrected chi connectivity index (χ1v) is 9.96. The lowest BCUT2D eigenvalue weighted by Crippen LogP contribution is -2.57. The molecule has 1 aromatic carbocycles. The van der Waals surface area contributed by atoms with Crippen molar-refractivity contribution < 1.29 is 13.2 Å². The minimum absolute atomic E-state index is 0.0245. The molecular formula is C18H29N3O3S. The number of benzene rings is 1. The Bertz CT molecular complexity index is 720. The third-order valence-electron chi connectivity index (χ3n) is 4.44. The average molecular weight is 368 g/mol. The van der Waals surface area contributed by atoms with E-state index in [1.54, 1.807) is 30.9 Å². The van der Waals surface area contributed by atoms with Crippen molar-refractivity contribution in [3.05, 3.63) is 29.8 Å². The summed E-state index contributed by atoms with van der Waals surface area (Å²) in [5, 5.41) is 0. The van der Waals surface area contributed by atoms with Gasteiger partial charge in [0.1, 0.15) is 0 Å². The fourth-order valence-corrected chi connectivity index (χ4v) is 4.24. The maximum Gasteiger partial charge on any atom is 0.243 e. The van der Waals surface area contributed by atoms with Crippen LogP contribution in [0.3, 0.4) is 0 Å². The van der Waals surface area contributed by atoms with E-state index in [-0.39, 0.29) is 24.4 Å². The molecule has 2 rings (SSSR count). The van der Waals surface area contributed by atoms with Crippen LogP contribution in [0.1, 0.15) is 40.2 Å². The van der Waals surface area contributed by atoms with Crippen LogP contribution >= 0.6 is 0 Å². The summed E-state index contributed by atoms with van der Waals surface area (Å²) in [5.74, 6) is -0.154. The summed E-state index contributed by atoms with van der Waals surface area (Å²) < 4.78 is 27.1. The molecule has 0 radical (unpaired) electrons. The standard InChI is InChI=1S/C18H29N3O3S/c1-17(2,3)14-6-8-15(9-7-14)25(23,24)21-12-10-20(11-13-21)16(22)18(4,5)19/h6-9H,10-13,19H2,1-5H3. The van der Waals surface area contributed by atoms with Crippen molar-refractivity contribution in [3.8, 4) is 0 Å². The lowest BCUT2D eigenvalue weighted by atomic mass is 9.87. The quantitative estimate of drug-likeness (QED) is 0.879. The van der Waals surface area contributed by atoms with Gasteiger partial charge in [0, 0.05) is 26.2 Å². The third-order valence-corrected chi connectivity index (χ3v) is 6.35. The molecule has 0 atom stereocenters. The van der Waals surface area contributed by atoms with E-state index in [1.807, 2.05) is 12.1 Å². The van der Waals surface area contributed by atoms with Crippen molar-refractivity contribution in [2.45, 2.75) is 50.5 Å². The number of hydrogen-bond donors (Lipinski definition) is 1. The molecule has 0 bridgehead atoms. The SMILES string of the molecule is CC(C)(N)C(=O)N1CCN(S(=O)(=O)c2ccc(C(C)(C)C)cc2)CC1. The molecule has 1 aromatic rings. The lowest BCUT2D eigenvalue weighted by molar-refractivity contribution is -0.137. The average Bonchev–Trinajstić information content (AvgIpc) is 2.52. The van der Waals surface area contributed by atoms with Gasteiger partial charge < -0.3 is 10.6 Å². The second kappa shape index (κ2) is 6.70.